The molecule has 0 aromatic heterocycles. The Bertz CT molecular complexity index is 1040. The van der Waals surface area contributed by atoms with Crippen LogP contribution in [0.2, 0.25) is 0 Å². The molecule has 0 spiro atoms. The Kier molecular flexibility index (Phi) is 4.94. The molecule has 0 fully saturated rings. The molecule has 0 aliphatic carbocycles. The molecule has 1 aliphatic rings. The summed E-state index contributed by atoms with van der Waals surface area (Å²) >= 11 is 0. The van der Waals surface area contributed by atoms with Crippen LogP contribution >= 0.6 is 0 Å². The van der Waals surface area contributed by atoms with Gasteiger partial charge in [0.25, 0.3) is 0 Å². The SMILES string of the molecule is COc1ccc(-c2ccc(CC3CC=Nc4ccccc43)cc2)cc1C(=O)O. The number of carboxylic acid groups (broad SMARTS) is 1. The van der Waals surface area contributed by atoms with Gasteiger partial charge >= 0.3 is 5.97 Å². The average molecular weight is 371 g/mol. The number of para-hydroxylation sites is 1. The summed E-state index contributed by atoms with van der Waals surface area (Å²) in [6, 6.07) is 21.9. The van der Waals surface area contributed by atoms with Crippen molar-refractivity contribution in [1.29, 1.82) is 0 Å². The second-order valence-corrected chi connectivity index (χ2v) is 6.92. The van der Waals surface area contributed by atoms with Crippen molar-refractivity contribution in [2.45, 2.75) is 18.8 Å². The van der Waals surface area contributed by atoms with Gasteiger partial charge in [0.1, 0.15) is 11.3 Å². The lowest BCUT2D eigenvalue weighted by molar-refractivity contribution is 0.0693. The topological polar surface area (TPSA) is 58.9 Å². The van der Waals surface area contributed by atoms with Crippen LogP contribution in [0.15, 0.2) is 71.7 Å². The predicted octanol–water partition coefficient (Wildman–Crippen LogP) is 5.49. The predicted molar refractivity (Wildman–Crippen MR) is 111 cm³/mol. The molecule has 4 heteroatoms. The molecule has 1 N–H and O–H groups in total. The van der Waals surface area contributed by atoms with Gasteiger partial charge < -0.3 is 9.84 Å². The number of nitrogens with zero attached hydrogens (tertiary/aromatic N) is 1. The van der Waals surface area contributed by atoms with Crippen molar-refractivity contribution in [3.8, 4) is 16.9 Å². The summed E-state index contributed by atoms with van der Waals surface area (Å²) in [5.74, 6) is -0.197. The van der Waals surface area contributed by atoms with Crippen molar-refractivity contribution < 1.29 is 14.6 Å². The molecule has 1 heterocycles. The van der Waals surface area contributed by atoms with E-state index in [0.717, 1.165) is 29.7 Å². The zero-order chi connectivity index (χ0) is 19.5. The lowest BCUT2D eigenvalue weighted by Gasteiger charge is -2.21. The Morgan fingerprint density at radius 3 is 2.57 bits per heavy atom. The molecule has 0 saturated carbocycles. The molecule has 1 aliphatic heterocycles. The minimum Gasteiger partial charge on any atom is -0.496 e. The molecule has 0 saturated heterocycles. The third kappa shape index (κ3) is 3.54. The zero-order valence-corrected chi connectivity index (χ0v) is 15.6. The third-order valence-corrected chi connectivity index (χ3v) is 5.20. The van der Waals surface area contributed by atoms with Crippen LogP contribution in [0.3, 0.4) is 0 Å². The molecular weight excluding hydrogens is 350 g/mol. The standard InChI is InChI=1S/C24H21NO3/c1-28-23-11-10-18(15-21(23)24(26)27)17-8-6-16(7-9-17)14-19-12-13-25-22-5-3-2-4-20(19)22/h2-11,13,15,19H,12,14H2,1H3,(H,26,27). The maximum Gasteiger partial charge on any atom is 0.339 e. The van der Waals surface area contributed by atoms with Gasteiger partial charge in [-0.15, -0.1) is 0 Å². The summed E-state index contributed by atoms with van der Waals surface area (Å²) in [6.45, 7) is 0. The largest absolute Gasteiger partial charge is 0.496 e. The first-order chi connectivity index (χ1) is 13.7. The fraction of sp³-hybridized carbons (Fsp3) is 0.167. The van der Waals surface area contributed by atoms with Crippen LogP contribution in [-0.4, -0.2) is 24.4 Å². The number of carbonyl (C=O) groups is 1. The molecule has 0 radical (unpaired) electrons. The van der Waals surface area contributed by atoms with Crippen molar-refractivity contribution in [3.63, 3.8) is 0 Å². The number of methoxy groups -OCH3 is 1. The molecule has 4 nitrogen and oxygen atoms in total. The summed E-state index contributed by atoms with van der Waals surface area (Å²) in [7, 11) is 1.48. The number of fused-ring (bicyclic) bond motifs is 1. The number of benzene rings is 3. The van der Waals surface area contributed by atoms with E-state index < -0.39 is 5.97 Å². The van der Waals surface area contributed by atoms with Crippen molar-refractivity contribution in [2.75, 3.05) is 7.11 Å². The van der Waals surface area contributed by atoms with Crippen molar-refractivity contribution >= 4 is 17.9 Å². The van der Waals surface area contributed by atoms with Crippen LogP contribution in [0.4, 0.5) is 5.69 Å². The van der Waals surface area contributed by atoms with Crippen LogP contribution in [0.25, 0.3) is 11.1 Å². The summed E-state index contributed by atoms with van der Waals surface area (Å²) < 4.78 is 5.14. The minimum absolute atomic E-state index is 0.169. The Labute approximate surface area is 164 Å². The highest BCUT2D eigenvalue weighted by atomic mass is 16.5. The van der Waals surface area contributed by atoms with Gasteiger partial charge in [-0.3, -0.25) is 4.99 Å². The highest BCUT2D eigenvalue weighted by Gasteiger charge is 2.18. The summed E-state index contributed by atoms with van der Waals surface area (Å²) in [4.78, 5) is 15.9. The van der Waals surface area contributed by atoms with Gasteiger partial charge in [0.15, 0.2) is 0 Å². The molecule has 0 bridgehead atoms. The average Bonchev–Trinajstić information content (AvgIpc) is 2.74. The van der Waals surface area contributed by atoms with Gasteiger partial charge in [-0.25, -0.2) is 4.79 Å². The fourth-order valence-corrected chi connectivity index (χ4v) is 3.72. The first-order valence-electron chi connectivity index (χ1n) is 9.28. The van der Waals surface area contributed by atoms with E-state index in [1.165, 1.54) is 18.2 Å². The molecule has 3 aromatic carbocycles. The molecule has 3 aromatic rings. The first kappa shape index (κ1) is 18.0. The summed E-state index contributed by atoms with van der Waals surface area (Å²) in [6.07, 6.45) is 3.90. The summed E-state index contributed by atoms with van der Waals surface area (Å²) in [5, 5.41) is 9.38. The Hall–Kier alpha value is -3.40. The second kappa shape index (κ2) is 7.69. The molecule has 4 rings (SSSR count). The zero-order valence-electron chi connectivity index (χ0n) is 15.6. The van der Waals surface area contributed by atoms with Crippen molar-refractivity contribution in [3.05, 3.63) is 83.4 Å². The molecule has 1 atom stereocenters. The quantitative estimate of drug-likeness (QED) is 0.645. The maximum atomic E-state index is 11.4. The van der Waals surface area contributed by atoms with E-state index in [1.54, 1.807) is 12.1 Å². The molecular formula is C24H21NO3. The Morgan fingerprint density at radius 1 is 1.07 bits per heavy atom. The number of aromatic carboxylic acids is 1. The van der Waals surface area contributed by atoms with Crippen LogP contribution < -0.4 is 4.74 Å². The van der Waals surface area contributed by atoms with Crippen LogP contribution in [-0.2, 0) is 6.42 Å². The Balaban J connectivity index is 1.56. The normalized spacial score (nSPS) is 15.1. The highest BCUT2D eigenvalue weighted by Crippen LogP contribution is 2.35. The molecule has 28 heavy (non-hydrogen) atoms. The van der Waals surface area contributed by atoms with E-state index in [9.17, 15) is 9.90 Å². The van der Waals surface area contributed by atoms with E-state index in [0.29, 0.717) is 11.7 Å². The van der Waals surface area contributed by atoms with Crippen LogP contribution in [0.5, 0.6) is 5.75 Å². The number of hydrogen-bond donors (Lipinski definition) is 1. The van der Waals surface area contributed by atoms with Crippen molar-refractivity contribution in [2.24, 2.45) is 4.99 Å². The van der Waals surface area contributed by atoms with Gasteiger partial charge in [-0.2, -0.15) is 0 Å². The molecule has 0 amide bonds. The maximum absolute atomic E-state index is 11.4. The van der Waals surface area contributed by atoms with Crippen LogP contribution in [0, 0.1) is 0 Å². The third-order valence-electron chi connectivity index (χ3n) is 5.20. The molecule has 140 valence electrons. The Morgan fingerprint density at radius 2 is 1.82 bits per heavy atom. The van der Waals surface area contributed by atoms with Gasteiger partial charge in [-0.05, 0) is 59.2 Å². The van der Waals surface area contributed by atoms with E-state index >= 15 is 0 Å². The van der Waals surface area contributed by atoms with Gasteiger partial charge in [0.05, 0.1) is 12.8 Å². The number of carboxylic acids is 1. The smallest absolute Gasteiger partial charge is 0.339 e. The van der Waals surface area contributed by atoms with Crippen LogP contribution in [0.1, 0.15) is 33.8 Å². The number of hydrogen-bond acceptors (Lipinski definition) is 3. The lowest BCUT2D eigenvalue weighted by atomic mass is 9.87. The first-order valence-corrected chi connectivity index (χ1v) is 9.28. The molecule has 1 unspecified atom stereocenters. The van der Waals surface area contributed by atoms with Crippen molar-refractivity contribution in [1.82, 2.24) is 0 Å². The van der Waals surface area contributed by atoms with Gasteiger partial charge in [0.2, 0.25) is 0 Å². The van der Waals surface area contributed by atoms with E-state index in [2.05, 4.69) is 35.3 Å². The monoisotopic (exact) mass is 371 g/mol. The minimum atomic E-state index is -0.993. The summed E-state index contributed by atoms with van der Waals surface area (Å²) in [5.41, 5.74) is 5.64. The number of ether oxygens (including phenoxy) is 1. The van der Waals surface area contributed by atoms with E-state index in [4.69, 9.17) is 4.74 Å². The second-order valence-electron chi connectivity index (χ2n) is 6.92. The highest BCUT2D eigenvalue weighted by molar-refractivity contribution is 5.92. The fourth-order valence-electron chi connectivity index (χ4n) is 3.72. The van der Waals surface area contributed by atoms with E-state index in [-0.39, 0.29) is 5.56 Å². The van der Waals surface area contributed by atoms with Gasteiger partial charge in [-0.1, -0.05) is 48.5 Å². The van der Waals surface area contributed by atoms with Gasteiger partial charge in [0, 0.05) is 6.21 Å². The van der Waals surface area contributed by atoms with E-state index in [1.807, 2.05) is 30.5 Å². The lowest BCUT2D eigenvalue weighted by Crippen LogP contribution is -2.07. The number of aliphatic imine (C=N–C) groups is 1. The number of rotatable bonds is 5.